The molecule has 1 atom stereocenters. The van der Waals surface area contributed by atoms with Gasteiger partial charge in [0.2, 0.25) is 0 Å². The molecular formula is C18H21F4N5. The van der Waals surface area contributed by atoms with E-state index in [0.717, 1.165) is 12.4 Å². The number of benzene rings is 2. The van der Waals surface area contributed by atoms with Crippen molar-refractivity contribution in [2.45, 2.75) is 18.6 Å². The van der Waals surface area contributed by atoms with Gasteiger partial charge in [0.05, 0.1) is 12.0 Å². The molecule has 0 saturated carbocycles. The van der Waals surface area contributed by atoms with E-state index in [-0.39, 0.29) is 16.9 Å². The zero-order chi connectivity index (χ0) is 19.9. The Morgan fingerprint density at radius 2 is 1.85 bits per heavy atom. The second kappa shape index (κ2) is 9.22. The van der Waals surface area contributed by atoms with Crippen molar-refractivity contribution in [1.29, 1.82) is 5.41 Å². The van der Waals surface area contributed by atoms with E-state index in [1.165, 1.54) is 41.4 Å². The summed E-state index contributed by atoms with van der Waals surface area (Å²) in [5.41, 5.74) is 0.258. The number of halogens is 4. The quantitative estimate of drug-likeness (QED) is 0.131. The van der Waals surface area contributed by atoms with Crippen LogP contribution in [0.3, 0.4) is 0 Å². The molecule has 2 aromatic carbocycles. The highest BCUT2D eigenvalue weighted by Crippen LogP contribution is 2.36. The molecule has 146 valence electrons. The van der Waals surface area contributed by atoms with Gasteiger partial charge in [0.25, 0.3) is 0 Å². The van der Waals surface area contributed by atoms with Gasteiger partial charge in [-0.2, -0.15) is 13.2 Å². The third-order valence-corrected chi connectivity index (χ3v) is 3.81. The van der Waals surface area contributed by atoms with E-state index in [4.69, 9.17) is 11.3 Å². The van der Waals surface area contributed by atoms with Crippen LogP contribution in [-0.2, 0) is 0 Å². The van der Waals surface area contributed by atoms with Crippen molar-refractivity contribution in [1.82, 2.24) is 5.01 Å². The molecule has 0 aromatic heterocycles. The van der Waals surface area contributed by atoms with Gasteiger partial charge in [0.1, 0.15) is 11.9 Å². The van der Waals surface area contributed by atoms with Crippen LogP contribution in [0.5, 0.6) is 0 Å². The van der Waals surface area contributed by atoms with E-state index in [1.54, 1.807) is 6.07 Å². The Labute approximate surface area is 154 Å². The van der Waals surface area contributed by atoms with Crippen LogP contribution in [0.15, 0.2) is 48.5 Å². The maximum absolute atomic E-state index is 14.2. The zero-order valence-corrected chi connectivity index (χ0v) is 14.4. The van der Waals surface area contributed by atoms with Gasteiger partial charge < -0.3 is 15.6 Å². The average Bonchev–Trinajstić information content (AvgIpc) is 2.64. The first-order chi connectivity index (χ1) is 12.8. The lowest BCUT2D eigenvalue weighted by Crippen LogP contribution is -2.31. The van der Waals surface area contributed by atoms with Gasteiger partial charge >= 0.3 is 6.18 Å². The van der Waals surface area contributed by atoms with E-state index in [9.17, 15) is 17.6 Å². The molecular weight excluding hydrogens is 362 g/mol. The first-order valence-electron chi connectivity index (χ1n) is 8.25. The molecule has 0 aliphatic heterocycles. The van der Waals surface area contributed by atoms with E-state index < -0.39 is 18.0 Å². The van der Waals surface area contributed by atoms with Gasteiger partial charge in [-0.05, 0) is 30.2 Å². The number of hydrazine groups is 1. The molecule has 0 aliphatic carbocycles. The summed E-state index contributed by atoms with van der Waals surface area (Å²) in [6.45, 7) is 0.822. The summed E-state index contributed by atoms with van der Waals surface area (Å²) in [6, 6.07) is 9.26. The van der Waals surface area contributed by atoms with Crippen molar-refractivity contribution < 1.29 is 17.6 Å². The normalized spacial score (nSPS) is 12.3. The second-order valence-corrected chi connectivity index (χ2v) is 5.87. The first kappa shape index (κ1) is 20.5. The number of nitrogens with two attached hydrogens (primary N) is 1. The van der Waals surface area contributed by atoms with Gasteiger partial charge in [-0.1, -0.05) is 30.3 Å². The summed E-state index contributed by atoms with van der Waals surface area (Å²) in [6.07, 6.45) is -2.99. The maximum atomic E-state index is 14.2. The molecule has 2 rings (SSSR count). The smallest absolute Gasteiger partial charge is 0.383 e. The molecule has 0 radical (unpaired) electrons. The third kappa shape index (κ3) is 6.14. The SMILES string of the molecule is N=CN(N)CCCNc1ccc(NC(c2ccccc2)C(F)(F)F)cc1F. The Balaban J connectivity index is 2.04. The number of hydrogen-bond acceptors (Lipinski definition) is 4. The van der Waals surface area contributed by atoms with Crippen LogP contribution in [0.1, 0.15) is 18.0 Å². The highest BCUT2D eigenvalue weighted by atomic mass is 19.4. The van der Waals surface area contributed by atoms with E-state index in [2.05, 4.69) is 10.6 Å². The van der Waals surface area contributed by atoms with E-state index >= 15 is 0 Å². The highest BCUT2D eigenvalue weighted by molar-refractivity contribution is 5.56. The molecule has 9 heteroatoms. The van der Waals surface area contributed by atoms with Crippen LogP contribution in [0.2, 0.25) is 0 Å². The molecule has 2 aromatic rings. The summed E-state index contributed by atoms with van der Waals surface area (Å²) >= 11 is 0. The van der Waals surface area contributed by atoms with Crippen LogP contribution in [0, 0.1) is 11.2 Å². The Bertz CT molecular complexity index is 736. The van der Waals surface area contributed by atoms with Crippen LogP contribution in [0.4, 0.5) is 28.9 Å². The lowest BCUT2D eigenvalue weighted by Gasteiger charge is -2.23. The van der Waals surface area contributed by atoms with Crippen molar-refractivity contribution >= 4 is 17.7 Å². The highest BCUT2D eigenvalue weighted by Gasteiger charge is 2.40. The summed E-state index contributed by atoms with van der Waals surface area (Å²) in [4.78, 5) is 0. The summed E-state index contributed by atoms with van der Waals surface area (Å²) < 4.78 is 54.3. The number of anilines is 2. The Kier molecular flexibility index (Phi) is 7.00. The molecule has 0 aliphatic rings. The molecule has 0 bridgehead atoms. The van der Waals surface area contributed by atoms with Crippen molar-refractivity contribution in [2.75, 3.05) is 23.7 Å². The number of hydrogen-bond donors (Lipinski definition) is 4. The number of alkyl halides is 3. The fraction of sp³-hybridized carbons (Fsp3) is 0.278. The minimum Gasteiger partial charge on any atom is -0.383 e. The largest absolute Gasteiger partial charge is 0.412 e. The van der Waals surface area contributed by atoms with Crippen molar-refractivity contribution in [3.8, 4) is 0 Å². The van der Waals surface area contributed by atoms with Gasteiger partial charge in [-0.3, -0.25) is 5.41 Å². The van der Waals surface area contributed by atoms with Crippen molar-refractivity contribution in [3.05, 3.63) is 59.9 Å². The molecule has 0 spiro atoms. The lowest BCUT2D eigenvalue weighted by atomic mass is 10.1. The maximum Gasteiger partial charge on any atom is 0.412 e. The van der Waals surface area contributed by atoms with Crippen molar-refractivity contribution in [2.24, 2.45) is 5.84 Å². The zero-order valence-electron chi connectivity index (χ0n) is 14.4. The van der Waals surface area contributed by atoms with Crippen LogP contribution in [0.25, 0.3) is 0 Å². The minimum atomic E-state index is -4.53. The van der Waals surface area contributed by atoms with Gasteiger partial charge in [-0.15, -0.1) is 0 Å². The number of nitrogens with one attached hydrogen (secondary N) is 3. The minimum absolute atomic E-state index is 0.0289. The molecule has 27 heavy (non-hydrogen) atoms. The standard InChI is InChI=1S/C18H21F4N5/c19-15-11-14(7-8-16(15)25-9-4-10-27(24)12-23)26-17(18(20,21)22)13-5-2-1-3-6-13/h1-3,5-8,11-12,17,23,25-26H,4,9-10,24H2. The predicted octanol–water partition coefficient (Wildman–Crippen LogP) is 4.13. The Morgan fingerprint density at radius 3 is 2.44 bits per heavy atom. The Morgan fingerprint density at radius 1 is 1.15 bits per heavy atom. The predicted molar refractivity (Wildman–Crippen MR) is 98.0 cm³/mol. The van der Waals surface area contributed by atoms with Gasteiger partial charge in [0.15, 0.2) is 0 Å². The molecule has 1 unspecified atom stereocenters. The topological polar surface area (TPSA) is 77.2 Å². The Hall–Kier alpha value is -2.81. The number of nitrogens with zero attached hydrogens (tertiary/aromatic N) is 1. The van der Waals surface area contributed by atoms with Crippen LogP contribution >= 0.6 is 0 Å². The molecule has 0 heterocycles. The van der Waals surface area contributed by atoms with Crippen LogP contribution < -0.4 is 16.5 Å². The number of rotatable bonds is 9. The molecule has 0 fully saturated rings. The first-order valence-corrected chi connectivity index (χ1v) is 8.25. The lowest BCUT2D eigenvalue weighted by molar-refractivity contribution is -0.144. The summed E-state index contributed by atoms with van der Waals surface area (Å²) in [5.74, 6) is 4.76. The van der Waals surface area contributed by atoms with Gasteiger partial charge in [0, 0.05) is 18.8 Å². The molecule has 5 N–H and O–H groups in total. The molecule has 5 nitrogen and oxygen atoms in total. The van der Waals surface area contributed by atoms with Crippen LogP contribution in [-0.4, -0.2) is 30.6 Å². The van der Waals surface area contributed by atoms with E-state index in [0.29, 0.717) is 19.5 Å². The third-order valence-electron chi connectivity index (χ3n) is 3.81. The molecule has 0 amide bonds. The van der Waals surface area contributed by atoms with Crippen molar-refractivity contribution in [3.63, 3.8) is 0 Å². The monoisotopic (exact) mass is 383 g/mol. The summed E-state index contributed by atoms with van der Waals surface area (Å²) in [5, 5.41) is 13.3. The molecule has 0 saturated heterocycles. The average molecular weight is 383 g/mol. The van der Waals surface area contributed by atoms with Gasteiger partial charge in [-0.25, -0.2) is 10.2 Å². The fourth-order valence-corrected chi connectivity index (χ4v) is 2.46. The van der Waals surface area contributed by atoms with E-state index in [1.807, 2.05) is 0 Å². The fourth-order valence-electron chi connectivity index (χ4n) is 2.46. The second-order valence-electron chi connectivity index (χ2n) is 5.87. The summed E-state index contributed by atoms with van der Waals surface area (Å²) in [7, 11) is 0.